The number of hydrogen-bond acceptors (Lipinski definition) is 2. The van der Waals surface area contributed by atoms with Crippen LogP contribution in [0.2, 0.25) is 0 Å². The van der Waals surface area contributed by atoms with E-state index in [0.717, 1.165) is 31.5 Å². The molecule has 0 radical (unpaired) electrons. The van der Waals surface area contributed by atoms with E-state index in [1.54, 1.807) is 0 Å². The maximum absolute atomic E-state index is 12.6. The highest BCUT2D eigenvalue weighted by molar-refractivity contribution is 6.00. The molecule has 3 nitrogen and oxygen atoms in total. The number of hydrogen-bond donors (Lipinski definition) is 0. The molecule has 2 aliphatic rings. The molecule has 2 atom stereocenters. The van der Waals surface area contributed by atoms with Crippen LogP contribution in [0.4, 0.5) is 5.69 Å². The zero-order valence-corrected chi connectivity index (χ0v) is 10.9. The Hall–Kier alpha value is -1.35. The third-order valence-electron chi connectivity index (χ3n) is 4.08. The maximum Gasteiger partial charge on any atom is 0.245 e. The van der Waals surface area contributed by atoms with Crippen LogP contribution in [0.1, 0.15) is 32.6 Å². The molecule has 1 aromatic carbocycles. The van der Waals surface area contributed by atoms with Crippen LogP contribution in [0.15, 0.2) is 30.3 Å². The molecule has 2 aliphatic heterocycles. The summed E-state index contributed by atoms with van der Waals surface area (Å²) < 4.78 is 0. The van der Waals surface area contributed by atoms with Crippen molar-refractivity contribution in [2.24, 2.45) is 0 Å². The number of carbonyl (C=O) groups excluding carboxylic acids is 1. The van der Waals surface area contributed by atoms with Crippen LogP contribution < -0.4 is 4.90 Å². The Bertz CT molecular complexity index is 431. The van der Waals surface area contributed by atoms with Crippen LogP contribution in [-0.4, -0.2) is 29.6 Å². The molecule has 2 fully saturated rings. The van der Waals surface area contributed by atoms with Crippen molar-refractivity contribution in [2.75, 3.05) is 11.4 Å². The Kier molecular flexibility index (Phi) is 3.08. The molecule has 3 rings (SSSR count). The predicted octanol–water partition coefficient (Wildman–Crippen LogP) is 2.62. The molecular weight excluding hydrogens is 224 g/mol. The van der Waals surface area contributed by atoms with Gasteiger partial charge in [0.15, 0.2) is 0 Å². The number of rotatable bonds is 3. The molecule has 0 aliphatic carbocycles. The molecule has 2 saturated heterocycles. The van der Waals surface area contributed by atoms with Gasteiger partial charge in [-0.15, -0.1) is 0 Å². The van der Waals surface area contributed by atoms with Crippen LogP contribution >= 0.6 is 0 Å². The van der Waals surface area contributed by atoms with E-state index in [2.05, 4.69) is 11.8 Å². The highest BCUT2D eigenvalue weighted by atomic mass is 16.2. The molecular formula is C15H20N2O. The molecule has 18 heavy (non-hydrogen) atoms. The lowest BCUT2D eigenvalue weighted by atomic mass is 10.2. The van der Waals surface area contributed by atoms with E-state index in [1.807, 2.05) is 35.2 Å². The summed E-state index contributed by atoms with van der Waals surface area (Å²) in [6.45, 7) is 3.27. The highest BCUT2D eigenvalue weighted by Crippen LogP contribution is 2.35. The number of fused-ring (bicyclic) bond motifs is 1. The molecule has 1 amide bonds. The van der Waals surface area contributed by atoms with E-state index in [9.17, 15) is 4.79 Å². The Morgan fingerprint density at radius 1 is 1.28 bits per heavy atom. The fourth-order valence-electron chi connectivity index (χ4n) is 3.31. The Labute approximate surface area is 108 Å². The van der Waals surface area contributed by atoms with Crippen molar-refractivity contribution < 1.29 is 4.79 Å². The fraction of sp³-hybridized carbons (Fsp3) is 0.533. The second-order valence-electron chi connectivity index (χ2n) is 5.21. The first-order chi connectivity index (χ1) is 8.83. The van der Waals surface area contributed by atoms with Crippen molar-refractivity contribution in [3.05, 3.63) is 30.3 Å². The smallest absolute Gasteiger partial charge is 0.245 e. The van der Waals surface area contributed by atoms with Crippen molar-refractivity contribution in [3.63, 3.8) is 0 Å². The highest BCUT2D eigenvalue weighted by Gasteiger charge is 2.47. The summed E-state index contributed by atoms with van der Waals surface area (Å²) in [7, 11) is 0. The topological polar surface area (TPSA) is 23.6 Å². The number of anilines is 1. The average Bonchev–Trinajstić information content (AvgIpc) is 2.96. The molecule has 0 saturated carbocycles. The van der Waals surface area contributed by atoms with E-state index in [1.165, 1.54) is 6.42 Å². The minimum atomic E-state index is 0.141. The second kappa shape index (κ2) is 4.73. The van der Waals surface area contributed by atoms with E-state index < -0.39 is 0 Å². The van der Waals surface area contributed by atoms with Crippen LogP contribution in [-0.2, 0) is 4.79 Å². The second-order valence-corrected chi connectivity index (χ2v) is 5.21. The first kappa shape index (κ1) is 11.7. The fourth-order valence-corrected chi connectivity index (χ4v) is 3.31. The summed E-state index contributed by atoms with van der Waals surface area (Å²) in [4.78, 5) is 17.0. The number of carbonyl (C=O) groups is 1. The van der Waals surface area contributed by atoms with E-state index in [0.29, 0.717) is 5.91 Å². The SMILES string of the molecule is CCC[C@H]1N(c2ccccc2)C(=O)[C@@H]2CCCN21. The van der Waals surface area contributed by atoms with Crippen molar-refractivity contribution in [1.29, 1.82) is 0 Å². The minimum absolute atomic E-state index is 0.141. The minimum Gasteiger partial charge on any atom is -0.295 e. The van der Waals surface area contributed by atoms with Gasteiger partial charge in [-0.2, -0.15) is 0 Å². The van der Waals surface area contributed by atoms with E-state index >= 15 is 0 Å². The molecule has 96 valence electrons. The van der Waals surface area contributed by atoms with Gasteiger partial charge in [-0.25, -0.2) is 0 Å². The van der Waals surface area contributed by atoms with Crippen LogP contribution in [0, 0.1) is 0 Å². The normalized spacial score (nSPS) is 27.8. The molecule has 0 bridgehead atoms. The predicted molar refractivity (Wildman–Crippen MR) is 72.4 cm³/mol. The Morgan fingerprint density at radius 3 is 2.78 bits per heavy atom. The molecule has 2 heterocycles. The van der Waals surface area contributed by atoms with Crippen LogP contribution in [0.3, 0.4) is 0 Å². The van der Waals surface area contributed by atoms with Gasteiger partial charge in [0.2, 0.25) is 5.91 Å². The lowest BCUT2D eigenvalue weighted by molar-refractivity contribution is -0.119. The van der Waals surface area contributed by atoms with Crippen molar-refractivity contribution in [2.45, 2.75) is 44.8 Å². The van der Waals surface area contributed by atoms with Gasteiger partial charge in [-0.05, 0) is 31.4 Å². The average molecular weight is 244 g/mol. The Balaban J connectivity index is 1.94. The number of amides is 1. The summed E-state index contributed by atoms with van der Waals surface area (Å²) in [5, 5.41) is 0. The van der Waals surface area contributed by atoms with Gasteiger partial charge in [0.05, 0.1) is 12.2 Å². The van der Waals surface area contributed by atoms with Crippen LogP contribution in [0.25, 0.3) is 0 Å². The van der Waals surface area contributed by atoms with Gasteiger partial charge in [0.1, 0.15) is 0 Å². The van der Waals surface area contributed by atoms with Gasteiger partial charge in [0.25, 0.3) is 0 Å². The first-order valence-corrected chi connectivity index (χ1v) is 6.97. The number of nitrogens with zero attached hydrogens (tertiary/aromatic N) is 2. The summed E-state index contributed by atoms with van der Waals surface area (Å²) in [6.07, 6.45) is 4.65. The number of para-hydroxylation sites is 1. The zero-order chi connectivity index (χ0) is 12.5. The third kappa shape index (κ3) is 1.74. The molecule has 0 unspecified atom stereocenters. The van der Waals surface area contributed by atoms with Gasteiger partial charge >= 0.3 is 0 Å². The lowest BCUT2D eigenvalue weighted by Crippen LogP contribution is -2.39. The van der Waals surface area contributed by atoms with Gasteiger partial charge in [0, 0.05) is 12.2 Å². The molecule has 0 spiro atoms. The summed E-state index contributed by atoms with van der Waals surface area (Å²) in [5.41, 5.74) is 1.05. The number of benzene rings is 1. The van der Waals surface area contributed by atoms with Gasteiger partial charge < -0.3 is 0 Å². The third-order valence-corrected chi connectivity index (χ3v) is 4.08. The van der Waals surface area contributed by atoms with E-state index in [4.69, 9.17) is 0 Å². The quantitative estimate of drug-likeness (QED) is 0.816. The summed E-state index contributed by atoms with van der Waals surface area (Å²) in [5.74, 6) is 0.303. The standard InChI is InChI=1S/C15H20N2O/c1-2-7-14-16-11-6-10-13(16)15(18)17(14)12-8-4-3-5-9-12/h3-5,8-9,13-14H,2,6-7,10-11H2,1H3/t13-,14+/m0/s1. The maximum atomic E-state index is 12.6. The molecule has 0 N–H and O–H groups in total. The molecule has 3 heteroatoms. The van der Waals surface area contributed by atoms with E-state index in [-0.39, 0.29) is 12.2 Å². The first-order valence-electron chi connectivity index (χ1n) is 6.97. The van der Waals surface area contributed by atoms with Crippen molar-refractivity contribution in [3.8, 4) is 0 Å². The summed E-state index contributed by atoms with van der Waals surface area (Å²) >= 11 is 0. The molecule has 1 aromatic rings. The van der Waals surface area contributed by atoms with Crippen molar-refractivity contribution in [1.82, 2.24) is 4.90 Å². The monoisotopic (exact) mass is 244 g/mol. The zero-order valence-electron chi connectivity index (χ0n) is 10.9. The van der Waals surface area contributed by atoms with Crippen molar-refractivity contribution >= 4 is 11.6 Å². The Morgan fingerprint density at radius 2 is 2.06 bits per heavy atom. The molecule has 0 aromatic heterocycles. The van der Waals surface area contributed by atoms with Crippen LogP contribution in [0.5, 0.6) is 0 Å². The van der Waals surface area contributed by atoms with Gasteiger partial charge in [-0.1, -0.05) is 31.5 Å². The van der Waals surface area contributed by atoms with Gasteiger partial charge in [-0.3, -0.25) is 14.6 Å². The summed E-state index contributed by atoms with van der Waals surface area (Å²) in [6, 6.07) is 10.2. The largest absolute Gasteiger partial charge is 0.295 e. The lowest BCUT2D eigenvalue weighted by Gasteiger charge is -2.29.